The van der Waals surface area contributed by atoms with Crippen LogP contribution in [0.4, 0.5) is 0 Å². The van der Waals surface area contributed by atoms with Gasteiger partial charge in [0.25, 0.3) is 5.56 Å². The molecule has 2 aromatic heterocycles. The molecule has 8 nitrogen and oxygen atoms in total. The molecule has 1 amide bonds. The van der Waals surface area contributed by atoms with Crippen molar-refractivity contribution >= 4 is 27.7 Å². The van der Waals surface area contributed by atoms with Crippen LogP contribution < -0.4 is 5.56 Å². The number of ether oxygens (including phenoxy) is 2. The molecule has 0 unspecified atom stereocenters. The van der Waals surface area contributed by atoms with Gasteiger partial charge in [-0.05, 0) is 12.5 Å². The molecule has 0 N–H and O–H groups in total. The number of likely N-dealkylation sites (tertiary alicyclic amines) is 1. The van der Waals surface area contributed by atoms with Crippen LogP contribution in [0.5, 0.6) is 0 Å². The molecule has 2 aliphatic rings. The van der Waals surface area contributed by atoms with E-state index in [2.05, 4.69) is 16.6 Å². The van der Waals surface area contributed by atoms with Gasteiger partial charge < -0.3 is 18.9 Å². The van der Waals surface area contributed by atoms with Gasteiger partial charge in [0.15, 0.2) is 5.79 Å². The fourth-order valence-corrected chi connectivity index (χ4v) is 4.67. The number of piperidine rings is 1. The Morgan fingerprint density at radius 1 is 1.13 bits per heavy atom. The van der Waals surface area contributed by atoms with Crippen LogP contribution in [0, 0.1) is 0 Å². The van der Waals surface area contributed by atoms with Crippen molar-refractivity contribution in [1.29, 1.82) is 0 Å². The number of carbonyl (C=O) groups is 1. The second kappa shape index (κ2) is 7.52. The number of hydrogen-bond donors (Lipinski definition) is 0. The van der Waals surface area contributed by atoms with Crippen LogP contribution >= 0.6 is 0 Å². The zero-order valence-corrected chi connectivity index (χ0v) is 17.2. The van der Waals surface area contributed by atoms with E-state index in [0.717, 1.165) is 29.3 Å². The van der Waals surface area contributed by atoms with E-state index in [4.69, 9.17) is 9.47 Å². The summed E-state index contributed by atoms with van der Waals surface area (Å²) in [6.45, 7) is 5.11. The van der Waals surface area contributed by atoms with E-state index in [1.807, 2.05) is 24.3 Å². The van der Waals surface area contributed by atoms with Crippen molar-refractivity contribution < 1.29 is 14.3 Å². The fourth-order valence-electron chi connectivity index (χ4n) is 4.67. The van der Waals surface area contributed by atoms with Gasteiger partial charge in [-0.2, -0.15) is 5.10 Å². The quantitative estimate of drug-likeness (QED) is 0.658. The van der Waals surface area contributed by atoms with Gasteiger partial charge >= 0.3 is 0 Å². The molecule has 0 saturated carbocycles. The predicted molar refractivity (Wildman–Crippen MR) is 112 cm³/mol. The Morgan fingerprint density at radius 3 is 2.60 bits per heavy atom. The van der Waals surface area contributed by atoms with E-state index >= 15 is 0 Å². The van der Waals surface area contributed by atoms with Crippen molar-refractivity contribution in [3.05, 3.63) is 40.8 Å². The highest BCUT2D eigenvalue weighted by atomic mass is 16.7. The Labute approximate surface area is 174 Å². The van der Waals surface area contributed by atoms with Crippen LogP contribution in [-0.2, 0) is 27.4 Å². The maximum Gasteiger partial charge on any atom is 0.291 e. The second-order valence-electron chi connectivity index (χ2n) is 8.03. The summed E-state index contributed by atoms with van der Waals surface area (Å²) in [6.07, 6.45) is 3.94. The van der Waals surface area contributed by atoms with Crippen LogP contribution in [0.1, 0.15) is 26.2 Å². The highest BCUT2D eigenvalue weighted by Gasteiger charge is 2.40. The van der Waals surface area contributed by atoms with Crippen LogP contribution in [0.3, 0.4) is 0 Å². The molecule has 1 aromatic carbocycles. The summed E-state index contributed by atoms with van der Waals surface area (Å²) in [5.74, 6) is -0.624. The number of aryl methyl sites for hydroxylation is 1. The Hall–Kier alpha value is -2.71. The van der Waals surface area contributed by atoms with Gasteiger partial charge in [0.2, 0.25) is 5.91 Å². The molecule has 0 aliphatic carbocycles. The Balaban J connectivity index is 1.43. The number of fused-ring (bicyclic) bond motifs is 3. The summed E-state index contributed by atoms with van der Waals surface area (Å²) in [5, 5.41) is 6.18. The van der Waals surface area contributed by atoms with E-state index in [1.165, 1.54) is 4.68 Å². The van der Waals surface area contributed by atoms with Gasteiger partial charge in [-0.15, -0.1) is 0 Å². The number of amides is 1. The number of carbonyl (C=O) groups excluding carboxylic acids is 1. The first-order valence-electron chi connectivity index (χ1n) is 10.6. The second-order valence-corrected chi connectivity index (χ2v) is 8.03. The minimum absolute atomic E-state index is 0.0584. The Kier molecular flexibility index (Phi) is 4.83. The Morgan fingerprint density at radius 2 is 1.87 bits per heavy atom. The lowest BCUT2D eigenvalue weighted by atomic mass is 10.0. The normalized spacial score (nSPS) is 18.6. The van der Waals surface area contributed by atoms with Gasteiger partial charge in [-0.3, -0.25) is 9.59 Å². The molecule has 8 heteroatoms. The predicted octanol–water partition coefficient (Wildman–Crippen LogP) is 2.13. The Bertz CT molecular complexity index is 1150. The summed E-state index contributed by atoms with van der Waals surface area (Å²) in [4.78, 5) is 27.9. The maximum absolute atomic E-state index is 13.3. The first-order valence-corrected chi connectivity index (χ1v) is 10.6. The molecule has 1 spiro atoms. The van der Waals surface area contributed by atoms with Crippen molar-refractivity contribution in [2.75, 3.05) is 26.3 Å². The first-order chi connectivity index (χ1) is 14.6. The van der Waals surface area contributed by atoms with Gasteiger partial charge in [-0.1, -0.05) is 25.1 Å². The number of nitrogens with zero attached hydrogens (tertiary/aromatic N) is 4. The number of rotatable bonds is 4. The molecule has 5 rings (SSSR count). The summed E-state index contributed by atoms with van der Waals surface area (Å²) >= 11 is 0. The van der Waals surface area contributed by atoms with E-state index < -0.39 is 5.79 Å². The van der Waals surface area contributed by atoms with Crippen molar-refractivity contribution in [3.63, 3.8) is 0 Å². The molecular weight excluding hydrogens is 384 g/mol. The topological polar surface area (TPSA) is 78.6 Å². The van der Waals surface area contributed by atoms with E-state index in [1.54, 1.807) is 11.1 Å². The first kappa shape index (κ1) is 19.3. The molecule has 4 heterocycles. The molecule has 2 saturated heterocycles. The SMILES string of the molecule is CCCn1c2ccccc2c2cnn(CC(=O)N3CCC4(CC3)OCCO4)c(=O)c21. The van der Waals surface area contributed by atoms with E-state index in [-0.39, 0.29) is 18.0 Å². The third-order valence-corrected chi connectivity index (χ3v) is 6.20. The maximum atomic E-state index is 13.3. The van der Waals surface area contributed by atoms with Gasteiger partial charge in [0, 0.05) is 48.8 Å². The zero-order valence-electron chi connectivity index (χ0n) is 17.2. The summed E-state index contributed by atoms with van der Waals surface area (Å²) < 4.78 is 14.8. The molecule has 30 heavy (non-hydrogen) atoms. The van der Waals surface area contributed by atoms with Crippen LogP contribution in [0.25, 0.3) is 21.8 Å². The molecule has 0 atom stereocenters. The number of para-hydroxylation sites is 1. The zero-order chi connectivity index (χ0) is 20.7. The molecular formula is C22H26N4O4. The third kappa shape index (κ3) is 3.11. The minimum atomic E-state index is -0.522. The van der Waals surface area contributed by atoms with Crippen molar-refractivity contribution in [2.24, 2.45) is 0 Å². The van der Waals surface area contributed by atoms with Crippen LogP contribution in [-0.4, -0.2) is 57.2 Å². The molecule has 2 fully saturated rings. The average Bonchev–Trinajstić information content (AvgIpc) is 3.34. The number of hydrogen-bond acceptors (Lipinski definition) is 5. The lowest BCUT2D eigenvalue weighted by Crippen LogP contribution is -2.48. The summed E-state index contributed by atoms with van der Waals surface area (Å²) in [6, 6.07) is 7.98. The lowest BCUT2D eigenvalue weighted by Gasteiger charge is -2.37. The number of aromatic nitrogens is 3. The van der Waals surface area contributed by atoms with E-state index in [0.29, 0.717) is 44.7 Å². The largest absolute Gasteiger partial charge is 0.347 e. The summed E-state index contributed by atoms with van der Waals surface area (Å²) in [7, 11) is 0. The monoisotopic (exact) mass is 410 g/mol. The van der Waals surface area contributed by atoms with Crippen LogP contribution in [0.15, 0.2) is 35.3 Å². The van der Waals surface area contributed by atoms with Gasteiger partial charge in [-0.25, -0.2) is 4.68 Å². The van der Waals surface area contributed by atoms with Crippen molar-refractivity contribution in [3.8, 4) is 0 Å². The standard InChI is InChI=1S/C22H26N4O4/c1-2-9-25-18-6-4-3-5-16(18)17-14-23-26(21(28)20(17)25)15-19(27)24-10-7-22(8-11-24)29-12-13-30-22/h3-6,14H,2,7-13,15H2,1H3. The van der Waals surface area contributed by atoms with E-state index in [9.17, 15) is 9.59 Å². The third-order valence-electron chi connectivity index (χ3n) is 6.20. The van der Waals surface area contributed by atoms with Crippen molar-refractivity contribution in [1.82, 2.24) is 19.2 Å². The molecule has 0 radical (unpaired) electrons. The van der Waals surface area contributed by atoms with Crippen molar-refractivity contribution in [2.45, 2.75) is 45.1 Å². The molecule has 3 aromatic rings. The summed E-state index contributed by atoms with van der Waals surface area (Å²) in [5.41, 5.74) is 1.42. The molecule has 158 valence electrons. The highest BCUT2D eigenvalue weighted by Crippen LogP contribution is 2.31. The van der Waals surface area contributed by atoms with Crippen LogP contribution in [0.2, 0.25) is 0 Å². The average molecular weight is 410 g/mol. The highest BCUT2D eigenvalue weighted by molar-refractivity contribution is 6.07. The van der Waals surface area contributed by atoms with Gasteiger partial charge in [0.1, 0.15) is 12.1 Å². The smallest absolute Gasteiger partial charge is 0.291 e. The fraction of sp³-hybridized carbons (Fsp3) is 0.500. The lowest BCUT2D eigenvalue weighted by molar-refractivity contribution is -0.187. The number of benzene rings is 1. The minimum Gasteiger partial charge on any atom is -0.347 e. The molecule has 0 bridgehead atoms. The molecule has 2 aliphatic heterocycles. The van der Waals surface area contributed by atoms with Gasteiger partial charge in [0.05, 0.1) is 19.4 Å².